The number of phenolic OH excluding ortho intramolecular Hbond substituents is 4. The molecule has 17 bridgehead atoms. The average Bonchev–Trinajstić information content (AvgIpc) is 0.765. The van der Waals surface area contributed by atoms with Gasteiger partial charge in [0.25, 0.3) is 0 Å². The number of benzene rings is 7. The number of carboxylic acid groups (broad SMARTS) is 1. The van der Waals surface area contributed by atoms with Gasteiger partial charge in [-0.05, 0) is 114 Å². The van der Waals surface area contributed by atoms with Crippen molar-refractivity contribution in [2.75, 3.05) is 26.9 Å². The van der Waals surface area contributed by atoms with Crippen LogP contribution in [0.15, 0.2) is 115 Å². The van der Waals surface area contributed by atoms with E-state index in [2.05, 4.69) is 49.5 Å². The summed E-state index contributed by atoms with van der Waals surface area (Å²) in [5.74, 6) is -19.0. The van der Waals surface area contributed by atoms with Crippen LogP contribution in [0.5, 0.6) is 69.0 Å². The highest BCUT2D eigenvalue weighted by molar-refractivity contribution is 6.33. The lowest BCUT2D eigenvalue weighted by Gasteiger charge is -2.41. The molecular weight excluding hydrogens is 1670 g/mol. The monoisotopic (exact) mass is 1760 g/mol. The fourth-order valence-electron chi connectivity index (χ4n) is 15.3. The third-order valence-corrected chi connectivity index (χ3v) is 22.5. The summed E-state index contributed by atoms with van der Waals surface area (Å²) in [6.07, 6.45) is -15.1. The van der Waals surface area contributed by atoms with Crippen molar-refractivity contribution in [1.29, 1.82) is 0 Å². The summed E-state index contributed by atoms with van der Waals surface area (Å²) in [7, 11) is 1.42. The van der Waals surface area contributed by atoms with E-state index in [9.17, 15) is 85.6 Å². The number of carboxylic acids is 1. The zero-order valence-corrected chi connectivity index (χ0v) is 67.6. The number of carbonyl (C=O) groups excluding carboxylic acids is 8. The molecule has 38 nitrogen and oxygen atoms in total. The van der Waals surface area contributed by atoms with E-state index in [0.29, 0.717) is 12.8 Å². The van der Waals surface area contributed by atoms with Crippen molar-refractivity contribution in [2.24, 2.45) is 0 Å². The van der Waals surface area contributed by atoms with Gasteiger partial charge in [0.1, 0.15) is 132 Å². The van der Waals surface area contributed by atoms with Crippen LogP contribution in [-0.4, -0.2) is 220 Å². The number of unbranched alkanes of at least 4 members (excludes halogenated alkanes) is 7. The van der Waals surface area contributed by atoms with Crippen molar-refractivity contribution in [3.8, 4) is 80.1 Å². The van der Waals surface area contributed by atoms with Crippen molar-refractivity contribution in [1.82, 2.24) is 42.5 Å². The molecule has 2 saturated heterocycles. The summed E-state index contributed by atoms with van der Waals surface area (Å²) in [6, 6.07) is 4.46. The van der Waals surface area contributed by atoms with Crippen molar-refractivity contribution >= 4 is 76.5 Å². The highest BCUT2D eigenvalue weighted by Crippen LogP contribution is 2.50. The summed E-state index contributed by atoms with van der Waals surface area (Å²) < 4.78 is 49.6. The molecule has 660 valence electrons. The van der Waals surface area contributed by atoms with E-state index in [1.807, 2.05) is 0 Å². The molecule has 0 spiro atoms. The number of likely N-dealkylation sites (N-methyl/N-ethyl adjacent to an activating group) is 1. The molecule has 7 aromatic carbocycles. The summed E-state index contributed by atoms with van der Waals surface area (Å²) in [5.41, 5.74) is -3.29. The van der Waals surface area contributed by atoms with Crippen LogP contribution in [0.1, 0.15) is 140 Å². The number of aromatic hydroxyl groups is 4. The Labute approximate surface area is 715 Å². The largest absolute Gasteiger partial charge is 0.508 e. The highest BCUT2D eigenvalue weighted by Gasteiger charge is 2.52. The molecule has 124 heavy (non-hydrogen) atoms. The Morgan fingerprint density at radius 2 is 1.19 bits per heavy atom. The first-order chi connectivity index (χ1) is 59.3. The molecule has 0 aromatic heterocycles. The third kappa shape index (κ3) is 19.5. The normalized spacial score (nSPS) is 26.2. The van der Waals surface area contributed by atoms with Crippen molar-refractivity contribution < 1.29 is 147 Å². The van der Waals surface area contributed by atoms with Gasteiger partial charge in [-0.15, -0.1) is 0 Å². The van der Waals surface area contributed by atoms with Crippen molar-refractivity contribution in [3.05, 3.63) is 164 Å². The Morgan fingerprint density at radius 3 is 1.88 bits per heavy atom. The Morgan fingerprint density at radius 1 is 0.540 bits per heavy atom. The third-order valence-electron chi connectivity index (χ3n) is 21.8. The van der Waals surface area contributed by atoms with Gasteiger partial charge in [0, 0.05) is 47.2 Å². The van der Waals surface area contributed by atoms with E-state index >= 15 is 24.0 Å². The minimum atomic E-state index is -2.47. The summed E-state index contributed by atoms with van der Waals surface area (Å²) >= 11 is 14.2. The number of carbonyl (C=O) groups is 9. The van der Waals surface area contributed by atoms with Gasteiger partial charge in [0.2, 0.25) is 59.7 Å². The van der Waals surface area contributed by atoms with E-state index in [1.165, 1.54) is 49.5 Å². The predicted molar refractivity (Wildman–Crippen MR) is 429 cm³/mol. The van der Waals surface area contributed by atoms with Crippen LogP contribution in [-0.2, 0) is 63.8 Å². The average molecular weight is 1760 g/mol. The number of esters is 1. The summed E-state index contributed by atoms with van der Waals surface area (Å²) in [4.78, 5) is 137. The SMILES string of the molecule is CCCCCCCCCCC(=O)N[C@H]1C(Oc2c3cc4cc2Oc2ccc(cc2Cl)[C@@H](O)C2NC(=O)C(NC(=O)C4NC(=O)C4NC(=O)C(Cc5ccc(cc5)O3)NC(=O)[C@H](NC)c3ccc(O)c(c3)Oc3cc(O)c(Cl)c4c3)c3ccc(O)c(c3)-c3c(OC4O[C@H](CO)[C@@H](O)[C@H](O)[C@@H]4O)cc(O)cc3C(C(=O)O)NC2=O)O[C@H](C(=O)OCCO)[C@@H](O)[C@@H]1O. The Balaban J connectivity index is 1.05. The lowest BCUT2D eigenvalue weighted by atomic mass is 9.89. The minimum absolute atomic E-state index is 0.150. The van der Waals surface area contributed by atoms with Gasteiger partial charge >= 0.3 is 11.9 Å². The standard InChI is InChI=1S/C84H90Cl2N8O30/c1-3-4-5-6-7-8-9-10-11-57(101)89-66-69(104)71(106)74(82(116)117-23-22-95)124-83(66)123-73-54-28-39-29-55(73)120-51-21-16-38(26-46(51)85)67(102)65-80(113)93-64(81(114)115)44-30-40(97)31-53(121-84-72(107)70(105)68(103)56(34-96)122-84)58(44)43-25-36(14-19-48(43)98)61(77(110)94-65)90-78(111)62(39)91-79(112)63-45-32-42(33-50(100)59(45)86)119-52-27-37(15-20-49(52)99)60(87-2)76(109)88-47(75(108)92-63)24-35-12-17-41(118-54)18-13-35/h12-21,25-33,47,56,60-72,74,83-84,87,95-100,102-107H,3-11,22-24,34H2,1-2H3,(H,88,109)(H,89,101)(H,90,111)(H,91,112)(H,92,108)(H,93,113)(H,94,110)(H,114,115)/t47?,56-,60-,61?,62?,63?,64?,65?,66-,67-,68-,69-,70+,71+,72+,74+,83?,84?/m1/s1. The highest BCUT2D eigenvalue weighted by atomic mass is 35.5. The molecule has 7 aromatic rings. The number of aliphatic hydroxyl groups excluding tert-OH is 8. The van der Waals surface area contributed by atoms with Crippen LogP contribution in [0.2, 0.25) is 10.0 Å². The molecule has 15 rings (SSSR count). The molecule has 0 aliphatic carbocycles. The molecule has 8 unspecified atom stereocenters. The van der Waals surface area contributed by atoms with Crippen LogP contribution in [0.3, 0.4) is 0 Å². The van der Waals surface area contributed by atoms with Gasteiger partial charge in [-0.25, -0.2) is 9.59 Å². The van der Waals surface area contributed by atoms with Crippen molar-refractivity contribution in [3.63, 3.8) is 0 Å². The quantitative estimate of drug-likeness (QED) is 0.0384. The number of hydrogen-bond donors (Lipinski definition) is 21. The zero-order valence-electron chi connectivity index (χ0n) is 66.1. The number of hydrogen-bond acceptors (Lipinski definition) is 30. The molecule has 8 heterocycles. The van der Waals surface area contributed by atoms with Gasteiger partial charge < -0.3 is 147 Å². The molecule has 40 heteroatoms. The van der Waals surface area contributed by atoms with Gasteiger partial charge in [0.05, 0.1) is 23.3 Å². The molecular formula is C84H90Cl2N8O30. The van der Waals surface area contributed by atoms with E-state index in [0.717, 1.165) is 111 Å². The Bertz CT molecular complexity index is 5220. The zero-order chi connectivity index (χ0) is 88.8. The summed E-state index contributed by atoms with van der Waals surface area (Å²) in [6.45, 7) is -0.272. The predicted octanol–water partition coefficient (Wildman–Crippen LogP) is 3.39. The van der Waals surface area contributed by atoms with E-state index in [-0.39, 0.29) is 40.4 Å². The van der Waals surface area contributed by atoms with Crippen molar-refractivity contribution in [2.45, 2.75) is 181 Å². The second kappa shape index (κ2) is 38.9. The molecule has 7 amide bonds. The molecule has 0 radical (unpaired) electrons. The fourth-order valence-corrected chi connectivity index (χ4v) is 15.7. The maximum absolute atomic E-state index is 16.7. The lowest BCUT2D eigenvalue weighted by Crippen LogP contribution is -2.66. The van der Waals surface area contributed by atoms with E-state index < -0.39 is 284 Å². The molecule has 2 fully saturated rings. The van der Waals surface area contributed by atoms with Crippen LogP contribution in [0, 0.1) is 0 Å². The molecule has 21 N–H and O–H groups in total. The Kier molecular flexibility index (Phi) is 28.2. The number of phenols is 4. The molecule has 8 aliphatic rings. The van der Waals surface area contributed by atoms with Gasteiger partial charge in [0.15, 0.2) is 35.1 Å². The number of rotatable bonds is 20. The van der Waals surface area contributed by atoms with Crippen LogP contribution in [0.4, 0.5) is 0 Å². The van der Waals surface area contributed by atoms with Crippen LogP contribution in [0.25, 0.3) is 11.1 Å². The topological polar surface area (TPSA) is 587 Å². The second-order valence-corrected chi connectivity index (χ2v) is 31.1. The smallest absolute Gasteiger partial charge is 0.338 e. The molecule has 8 aliphatic heterocycles. The molecule has 18 atom stereocenters. The number of aliphatic hydroxyl groups is 8. The first kappa shape index (κ1) is 89.9. The lowest BCUT2D eigenvalue weighted by molar-refractivity contribution is -0.277. The minimum Gasteiger partial charge on any atom is -0.508 e. The van der Waals surface area contributed by atoms with Gasteiger partial charge in [-0.3, -0.25) is 33.6 Å². The van der Waals surface area contributed by atoms with Gasteiger partial charge in [-0.1, -0.05) is 105 Å². The van der Waals surface area contributed by atoms with E-state index in [1.54, 1.807) is 0 Å². The fraction of sp³-hybridized carbons (Fsp3) is 0.393. The number of fused-ring (bicyclic) bond motifs is 14. The number of aliphatic carboxylic acids is 1. The maximum Gasteiger partial charge on any atom is 0.338 e. The first-order valence-electron chi connectivity index (χ1n) is 39.6. The number of nitrogens with one attached hydrogen (secondary N) is 8. The summed E-state index contributed by atoms with van der Waals surface area (Å²) in [5, 5.41) is 167. The Hall–Kier alpha value is -11.9. The maximum atomic E-state index is 16.7. The van der Waals surface area contributed by atoms with Crippen LogP contribution >= 0.6 is 23.2 Å². The number of ether oxygens (including phenoxy) is 8. The van der Waals surface area contributed by atoms with E-state index in [4.69, 9.17) is 61.1 Å². The van der Waals surface area contributed by atoms with Crippen LogP contribution < -0.4 is 66.2 Å². The number of amides is 7. The molecule has 0 saturated carbocycles. The van der Waals surface area contributed by atoms with Gasteiger partial charge in [-0.2, -0.15) is 0 Å². The number of halogens is 2. The second-order valence-electron chi connectivity index (χ2n) is 30.3. The first-order valence-corrected chi connectivity index (χ1v) is 40.4.